The van der Waals surface area contributed by atoms with Crippen molar-refractivity contribution < 1.29 is 0 Å². The first kappa shape index (κ1) is 13.0. The highest BCUT2D eigenvalue weighted by atomic mass is 16.1. The molecule has 0 fully saturated rings. The number of hydrogen-bond donors (Lipinski definition) is 0. The van der Waals surface area contributed by atoms with Gasteiger partial charge in [-0.2, -0.15) is 0 Å². The van der Waals surface area contributed by atoms with Crippen LogP contribution in [0.25, 0.3) is 0 Å². The molecule has 0 bridgehead atoms. The molecule has 0 saturated carbocycles. The summed E-state index contributed by atoms with van der Waals surface area (Å²) >= 11 is 0. The maximum Gasteiger partial charge on any atom is 0.250 e. The van der Waals surface area contributed by atoms with Gasteiger partial charge in [0.25, 0.3) is 0 Å². The Morgan fingerprint density at radius 1 is 1.00 bits per heavy atom. The largest absolute Gasteiger partial charge is 0.316 e. The van der Waals surface area contributed by atoms with Crippen molar-refractivity contribution in [2.24, 2.45) is 0 Å². The Kier molecular flexibility index (Phi) is 6.62. The normalized spacial score (nSPS) is 10.6. The zero-order chi connectivity index (χ0) is 11.6. The molecule has 1 heterocycles. The van der Waals surface area contributed by atoms with Crippen molar-refractivity contribution in [1.82, 2.24) is 4.57 Å². The van der Waals surface area contributed by atoms with Crippen LogP contribution in [0.15, 0.2) is 29.2 Å². The number of aromatic nitrogens is 1. The summed E-state index contributed by atoms with van der Waals surface area (Å²) in [5.41, 5.74) is 0.119. The maximum absolute atomic E-state index is 11.4. The van der Waals surface area contributed by atoms with Crippen LogP contribution in [0.1, 0.15) is 51.9 Å². The monoisotopic (exact) mass is 221 g/mol. The molecule has 0 atom stereocenters. The van der Waals surface area contributed by atoms with E-state index in [1.165, 1.54) is 38.5 Å². The summed E-state index contributed by atoms with van der Waals surface area (Å²) in [4.78, 5) is 11.4. The van der Waals surface area contributed by atoms with Gasteiger partial charge in [-0.05, 0) is 12.5 Å². The fraction of sp³-hybridized carbons (Fsp3) is 0.643. The number of pyridine rings is 1. The van der Waals surface area contributed by atoms with Gasteiger partial charge in [-0.3, -0.25) is 4.79 Å². The molecule has 16 heavy (non-hydrogen) atoms. The molecule has 90 valence electrons. The Hall–Kier alpha value is -1.05. The highest BCUT2D eigenvalue weighted by Gasteiger charge is 1.94. The van der Waals surface area contributed by atoms with E-state index in [4.69, 9.17) is 0 Å². The summed E-state index contributed by atoms with van der Waals surface area (Å²) < 4.78 is 1.80. The number of hydrogen-bond acceptors (Lipinski definition) is 1. The van der Waals surface area contributed by atoms with E-state index in [0.29, 0.717) is 0 Å². The second-order valence-electron chi connectivity index (χ2n) is 4.35. The van der Waals surface area contributed by atoms with Gasteiger partial charge in [0, 0.05) is 18.8 Å². The van der Waals surface area contributed by atoms with E-state index in [9.17, 15) is 4.79 Å². The molecule has 1 aromatic rings. The van der Waals surface area contributed by atoms with E-state index in [2.05, 4.69) is 6.92 Å². The second kappa shape index (κ2) is 8.14. The molecule has 0 unspecified atom stereocenters. The molecule has 0 amide bonds. The zero-order valence-corrected chi connectivity index (χ0v) is 10.3. The summed E-state index contributed by atoms with van der Waals surface area (Å²) in [6.45, 7) is 3.11. The molecule has 0 radical (unpaired) electrons. The predicted octanol–water partition coefficient (Wildman–Crippen LogP) is 3.60. The van der Waals surface area contributed by atoms with Gasteiger partial charge in [0.1, 0.15) is 0 Å². The molecule has 2 nitrogen and oxygen atoms in total. The lowest BCUT2D eigenvalue weighted by Crippen LogP contribution is -2.17. The molecule has 0 N–H and O–H groups in total. The van der Waals surface area contributed by atoms with E-state index in [1.807, 2.05) is 12.3 Å². The Labute approximate surface area is 98.3 Å². The minimum atomic E-state index is 0.119. The van der Waals surface area contributed by atoms with Gasteiger partial charge >= 0.3 is 0 Å². The molecule has 0 aliphatic carbocycles. The van der Waals surface area contributed by atoms with Gasteiger partial charge in [-0.15, -0.1) is 0 Å². The molecular weight excluding hydrogens is 198 g/mol. The summed E-state index contributed by atoms with van der Waals surface area (Å²) in [5.74, 6) is 0. The van der Waals surface area contributed by atoms with Gasteiger partial charge < -0.3 is 4.57 Å². The Bertz CT molecular complexity index is 330. The van der Waals surface area contributed by atoms with Crippen molar-refractivity contribution in [3.8, 4) is 0 Å². The number of aryl methyl sites for hydroxylation is 1. The van der Waals surface area contributed by atoms with Crippen LogP contribution in [0.2, 0.25) is 0 Å². The van der Waals surface area contributed by atoms with Gasteiger partial charge in [0.2, 0.25) is 5.56 Å². The van der Waals surface area contributed by atoms with E-state index < -0.39 is 0 Å². The molecule has 0 aromatic carbocycles. The molecule has 0 aliphatic rings. The first-order valence-electron chi connectivity index (χ1n) is 6.50. The van der Waals surface area contributed by atoms with Crippen LogP contribution >= 0.6 is 0 Å². The van der Waals surface area contributed by atoms with Crippen molar-refractivity contribution >= 4 is 0 Å². The van der Waals surface area contributed by atoms with Crippen LogP contribution in [0, 0.1) is 0 Å². The minimum absolute atomic E-state index is 0.119. The topological polar surface area (TPSA) is 22.0 Å². The van der Waals surface area contributed by atoms with Gasteiger partial charge in [-0.25, -0.2) is 0 Å². The lowest BCUT2D eigenvalue weighted by atomic mass is 10.1. The van der Waals surface area contributed by atoms with E-state index >= 15 is 0 Å². The van der Waals surface area contributed by atoms with Crippen LogP contribution in [0.4, 0.5) is 0 Å². The number of rotatable bonds is 8. The van der Waals surface area contributed by atoms with Crippen LogP contribution in [-0.2, 0) is 6.54 Å². The third-order valence-corrected chi connectivity index (χ3v) is 2.90. The Balaban J connectivity index is 2.08. The van der Waals surface area contributed by atoms with Crippen molar-refractivity contribution in [2.45, 2.75) is 58.4 Å². The average molecular weight is 221 g/mol. The number of nitrogens with zero attached hydrogens (tertiary/aromatic N) is 1. The fourth-order valence-corrected chi connectivity index (χ4v) is 1.88. The molecule has 0 spiro atoms. The third kappa shape index (κ3) is 5.15. The Morgan fingerprint density at radius 2 is 1.69 bits per heavy atom. The minimum Gasteiger partial charge on any atom is -0.316 e. The van der Waals surface area contributed by atoms with E-state index in [0.717, 1.165) is 13.0 Å². The van der Waals surface area contributed by atoms with Gasteiger partial charge in [0.05, 0.1) is 0 Å². The van der Waals surface area contributed by atoms with Crippen LogP contribution in [-0.4, -0.2) is 4.57 Å². The van der Waals surface area contributed by atoms with Crippen molar-refractivity contribution in [1.29, 1.82) is 0 Å². The van der Waals surface area contributed by atoms with Crippen molar-refractivity contribution in [2.75, 3.05) is 0 Å². The molecule has 2 heteroatoms. The van der Waals surface area contributed by atoms with Gasteiger partial charge in [0.15, 0.2) is 0 Å². The quantitative estimate of drug-likeness (QED) is 0.615. The SMILES string of the molecule is CCCCCCCCCn1ccccc1=O. The maximum atomic E-state index is 11.4. The van der Waals surface area contributed by atoms with E-state index in [-0.39, 0.29) is 5.56 Å². The molecular formula is C14H23NO. The van der Waals surface area contributed by atoms with E-state index in [1.54, 1.807) is 16.7 Å². The molecule has 1 rings (SSSR count). The predicted molar refractivity (Wildman–Crippen MR) is 68.7 cm³/mol. The molecule has 0 aliphatic heterocycles. The summed E-state index contributed by atoms with van der Waals surface area (Å²) in [7, 11) is 0. The highest BCUT2D eigenvalue weighted by molar-refractivity contribution is 4.92. The van der Waals surface area contributed by atoms with Crippen LogP contribution in [0.3, 0.4) is 0 Å². The summed E-state index contributed by atoms with van der Waals surface area (Å²) in [6.07, 6.45) is 10.9. The lowest BCUT2D eigenvalue weighted by molar-refractivity contribution is 0.543. The second-order valence-corrected chi connectivity index (χ2v) is 4.35. The van der Waals surface area contributed by atoms with Crippen LogP contribution in [0.5, 0.6) is 0 Å². The molecule has 1 aromatic heterocycles. The van der Waals surface area contributed by atoms with Crippen molar-refractivity contribution in [3.63, 3.8) is 0 Å². The smallest absolute Gasteiger partial charge is 0.250 e. The van der Waals surface area contributed by atoms with Gasteiger partial charge in [-0.1, -0.05) is 51.5 Å². The third-order valence-electron chi connectivity index (χ3n) is 2.90. The fourth-order valence-electron chi connectivity index (χ4n) is 1.88. The lowest BCUT2D eigenvalue weighted by Gasteiger charge is -2.04. The first-order valence-corrected chi connectivity index (χ1v) is 6.50. The Morgan fingerprint density at radius 3 is 2.38 bits per heavy atom. The standard InChI is InChI=1S/C14H23NO/c1-2-3-4-5-6-7-9-12-15-13-10-8-11-14(15)16/h8,10-11,13H,2-7,9,12H2,1H3. The first-order chi connectivity index (χ1) is 7.84. The number of unbranched alkanes of at least 4 members (excludes halogenated alkanes) is 6. The summed E-state index contributed by atoms with van der Waals surface area (Å²) in [5, 5.41) is 0. The zero-order valence-electron chi connectivity index (χ0n) is 10.3. The van der Waals surface area contributed by atoms with Crippen LogP contribution < -0.4 is 5.56 Å². The average Bonchev–Trinajstić information content (AvgIpc) is 2.30. The molecule has 0 saturated heterocycles. The highest BCUT2D eigenvalue weighted by Crippen LogP contribution is 2.07. The van der Waals surface area contributed by atoms with Crippen molar-refractivity contribution in [3.05, 3.63) is 34.7 Å². The summed E-state index contributed by atoms with van der Waals surface area (Å²) in [6, 6.07) is 5.34.